The van der Waals surface area contributed by atoms with Gasteiger partial charge in [0, 0.05) is 11.1 Å². The smallest absolute Gasteiger partial charge is 0.276 e. The second kappa shape index (κ2) is 10.6. The molecule has 0 saturated heterocycles. The molecule has 8 heteroatoms. The topological polar surface area (TPSA) is 79.5 Å². The number of hydrogen-bond acceptors (Lipinski definition) is 4. The molecule has 6 nitrogen and oxygen atoms in total. The standard InChI is InChI=1S/C23H20ClN3O3S/c1-15-13-18(24)10-11-20(15)30-14-22(29)26-27-23(31)25-21(28)12-9-17-7-4-6-16-5-2-3-8-19(16)17/h2-13H,14H2,1H3,(H,26,29)(H2,25,27,28,31). The summed E-state index contributed by atoms with van der Waals surface area (Å²) in [5, 5.41) is 5.14. The molecule has 0 aliphatic rings. The summed E-state index contributed by atoms with van der Waals surface area (Å²) < 4.78 is 5.44. The molecule has 0 fully saturated rings. The van der Waals surface area contributed by atoms with Crippen LogP contribution in [-0.4, -0.2) is 23.5 Å². The van der Waals surface area contributed by atoms with Crippen molar-refractivity contribution in [1.82, 2.24) is 16.2 Å². The number of carbonyl (C=O) groups excluding carboxylic acids is 2. The average Bonchev–Trinajstić information content (AvgIpc) is 2.75. The predicted octanol–water partition coefficient (Wildman–Crippen LogP) is 3.92. The molecule has 0 aliphatic heterocycles. The normalized spacial score (nSPS) is 10.6. The van der Waals surface area contributed by atoms with Crippen molar-refractivity contribution in [2.45, 2.75) is 6.92 Å². The zero-order chi connectivity index (χ0) is 22.2. The summed E-state index contributed by atoms with van der Waals surface area (Å²) in [6, 6.07) is 18.9. The van der Waals surface area contributed by atoms with E-state index in [2.05, 4.69) is 16.2 Å². The van der Waals surface area contributed by atoms with Gasteiger partial charge in [-0.05, 0) is 65.3 Å². The van der Waals surface area contributed by atoms with Gasteiger partial charge in [0.1, 0.15) is 5.75 Å². The van der Waals surface area contributed by atoms with E-state index in [1.54, 1.807) is 24.3 Å². The highest BCUT2D eigenvalue weighted by Gasteiger charge is 2.07. The molecule has 3 rings (SSSR count). The van der Waals surface area contributed by atoms with Crippen LogP contribution in [0.2, 0.25) is 5.02 Å². The number of amides is 2. The van der Waals surface area contributed by atoms with E-state index < -0.39 is 11.8 Å². The third-order valence-electron chi connectivity index (χ3n) is 4.29. The minimum atomic E-state index is -0.461. The maximum Gasteiger partial charge on any atom is 0.276 e. The summed E-state index contributed by atoms with van der Waals surface area (Å²) in [4.78, 5) is 24.0. The zero-order valence-electron chi connectivity index (χ0n) is 16.6. The number of carbonyl (C=O) groups is 2. The van der Waals surface area contributed by atoms with Crippen molar-refractivity contribution in [3.05, 3.63) is 82.9 Å². The number of thiocarbonyl (C=S) groups is 1. The van der Waals surface area contributed by atoms with E-state index in [9.17, 15) is 9.59 Å². The lowest BCUT2D eigenvalue weighted by molar-refractivity contribution is -0.123. The molecule has 0 aliphatic carbocycles. The van der Waals surface area contributed by atoms with Gasteiger partial charge in [0.25, 0.3) is 5.91 Å². The highest BCUT2D eigenvalue weighted by Crippen LogP contribution is 2.21. The van der Waals surface area contributed by atoms with Crippen LogP contribution in [0.4, 0.5) is 0 Å². The molecule has 0 radical (unpaired) electrons. The number of hydrazine groups is 1. The van der Waals surface area contributed by atoms with Gasteiger partial charge in [-0.15, -0.1) is 0 Å². The van der Waals surface area contributed by atoms with E-state index in [4.69, 9.17) is 28.6 Å². The van der Waals surface area contributed by atoms with Crippen molar-refractivity contribution in [3.8, 4) is 5.75 Å². The van der Waals surface area contributed by atoms with Crippen LogP contribution in [0.25, 0.3) is 16.8 Å². The van der Waals surface area contributed by atoms with Crippen LogP contribution in [0.15, 0.2) is 66.7 Å². The number of ether oxygens (including phenoxy) is 1. The number of rotatable bonds is 5. The molecular formula is C23H20ClN3O3S. The Morgan fingerprint density at radius 1 is 1.06 bits per heavy atom. The van der Waals surface area contributed by atoms with Crippen LogP contribution in [-0.2, 0) is 9.59 Å². The summed E-state index contributed by atoms with van der Waals surface area (Å²) in [7, 11) is 0. The molecule has 3 aromatic rings. The maximum absolute atomic E-state index is 12.1. The first-order valence-electron chi connectivity index (χ1n) is 9.37. The van der Waals surface area contributed by atoms with Gasteiger partial charge in [-0.1, -0.05) is 54.1 Å². The molecule has 0 saturated carbocycles. The van der Waals surface area contributed by atoms with Gasteiger partial charge in [-0.25, -0.2) is 0 Å². The van der Waals surface area contributed by atoms with Crippen LogP contribution in [0.5, 0.6) is 5.75 Å². The van der Waals surface area contributed by atoms with Gasteiger partial charge < -0.3 is 4.74 Å². The molecule has 3 aromatic carbocycles. The minimum absolute atomic E-state index is 0.0383. The Morgan fingerprint density at radius 2 is 1.84 bits per heavy atom. The van der Waals surface area contributed by atoms with Crippen molar-refractivity contribution >= 4 is 57.6 Å². The van der Waals surface area contributed by atoms with Crippen molar-refractivity contribution in [1.29, 1.82) is 0 Å². The molecule has 0 bridgehead atoms. The SMILES string of the molecule is Cc1cc(Cl)ccc1OCC(=O)NNC(=S)NC(=O)C=Cc1cccc2ccccc12. The van der Waals surface area contributed by atoms with Crippen molar-refractivity contribution in [2.75, 3.05) is 6.61 Å². The lowest BCUT2D eigenvalue weighted by Gasteiger charge is -2.11. The Balaban J connectivity index is 1.45. The summed E-state index contributed by atoms with van der Waals surface area (Å²) in [6.07, 6.45) is 3.09. The molecular weight excluding hydrogens is 434 g/mol. The second-order valence-corrected chi connectivity index (χ2v) is 7.44. The van der Waals surface area contributed by atoms with Crippen LogP contribution < -0.4 is 20.9 Å². The Bertz CT molecular complexity index is 1160. The molecule has 31 heavy (non-hydrogen) atoms. The van der Waals surface area contributed by atoms with E-state index >= 15 is 0 Å². The summed E-state index contributed by atoms with van der Waals surface area (Å²) in [5.74, 6) is -0.334. The lowest BCUT2D eigenvalue weighted by atomic mass is 10.0. The Labute approximate surface area is 190 Å². The number of aryl methyl sites for hydroxylation is 1. The summed E-state index contributed by atoms with van der Waals surface area (Å²) >= 11 is 10.9. The van der Waals surface area contributed by atoms with Crippen LogP contribution in [0.1, 0.15) is 11.1 Å². The Hall–Kier alpha value is -3.42. The average molecular weight is 454 g/mol. The predicted molar refractivity (Wildman–Crippen MR) is 127 cm³/mol. The molecule has 0 spiro atoms. The van der Waals surface area contributed by atoms with E-state index in [0.29, 0.717) is 10.8 Å². The molecule has 0 aromatic heterocycles. The van der Waals surface area contributed by atoms with E-state index in [0.717, 1.165) is 21.9 Å². The number of benzene rings is 3. The highest BCUT2D eigenvalue weighted by atomic mass is 35.5. The van der Waals surface area contributed by atoms with E-state index in [1.807, 2.05) is 49.4 Å². The summed E-state index contributed by atoms with van der Waals surface area (Å²) in [5.41, 5.74) is 6.56. The van der Waals surface area contributed by atoms with Gasteiger partial charge >= 0.3 is 0 Å². The van der Waals surface area contributed by atoms with Crippen molar-refractivity contribution in [3.63, 3.8) is 0 Å². The Morgan fingerprint density at radius 3 is 2.65 bits per heavy atom. The fraction of sp³-hybridized carbons (Fsp3) is 0.0870. The largest absolute Gasteiger partial charge is 0.483 e. The molecule has 0 atom stereocenters. The molecule has 3 N–H and O–H groups in total. The van der Waals surface area contributed by atoms with Gasteiger partial charge in [-0.2, -0.15) is 0 Å². The van der Waals surface area contributed by atoms with Gasteiger partial charge in [-0.3, -0.25) is 25.8 Å². The first kappa shape index (κ1) is 22.3. The fourth-order valence-corrected chi connectivity index (χ4v) is 3.20. The van der Waals surface area contributed by atoms with Crippen LogP contribution >= 0.6 is 23.8 Å². The molecule has 2 amide bonds. The van der Waals surface area contributed by atoms with Gasteiger partial charge in [0.2, 0.25) is 5.91 Å². The quantitative estimate of drug-likeness (QED) is 0.310. The van der Waals surface area contributed by atoms with Crippen molar-refractivity contribution in [2.24, 2.45) is 0 Å². The minimum Gasteiger partial charge on any atom is -0.483 e. The first-order chi connectivity index (χ1) is 14.9. The molecule has 158 valence electrons. The molecule has 0 unspecified atom stereocenters. The number of hydrogen-bond donors (Lipinski definition) is 3. The van der Waals surface area contributed by atoms with Crippen LogP contribution in [0.3, 0.4) is 0 Å². The third-order valence-corrected chi connectivity index (χ3v) is 4.72. The van der Waals surface area contributed by atoms with E-state index in [1.165, 1.54) is 6.08 Å². The van der Waals surface area contributed by atoms with Crippen LogP contribution in [0, 0.1) is 6.92 Å². The molecule has 0 heterocycles. The number of fused-ring (bicyclic) bond motifs is 1. The maximum atomic E-state index is 12.1. The fourth-order valence-electron chi connectivity index (χ4n) is 2.83. The lowest BCUT2D eigenvalue weighted by Crippen LogP contribution is -2.49. The number of nitrogens with one attached hydrogen (secondary N) is 3. The second-order valence-electron chi connectivity index (χ2n) is 6.59. The summed E-state index contributed by atoms with van der Waals surface area (Å²) in [6.45, 7) is 1.60. The third kappa shape index (κ3) is 6.53. The first-order valence-corrected chi connectivity index (χ1v) is 10.2. The monoisotopic (exact) mass is 453 g/mol. The van der Waals surface area contributed by atoms with Gasteiger partial charge in [0.15, 0.2) is 11.7 Å². The number of halogens is 1. The van der Waals surface area contributed by atoms with E-state index in [-0.39, 0.29) is 11.7 Å². The van der Waals surface area contributed by atoms with Crippen molar-refractivity contribution < 1.29 is 14.3 Å². The zero-order valence-corrected chi connectivity index (χ0v) is 18.2. The highest BCUT2D eigenvalue weighted by molar-refractivity contribution is 7.80. The van der Waals surface area contributed by atoms with Gasteiger partial charge in [0.05, 0.1) is 0 Å². The Kier molecular flexibility index (Phi) is 7.59.